The van der Waals surface area contributed by atoms with Crippen LogP contribution >= 0.6 is 0 Å². The maximum absolute atomic E-state index is 11.4. The average molecular weight is 291 g/mol. The SMILES string of the molecule is CC(=O)N(C)Cc1cc(N(C)C)nc(C2CCCCN2)n1. The Hall–Kier alpha value is -1.69. The van der Waals surface area contributed by atoms with Gasteiger partial charge in [-0.3, -0.25) is 4.79 Å². The van der Waals surface area contributed by atoms with Crippen molar-refractivity contribution in [3.8, 4) is 0 Å². The minimum atomic E-state index is 0.0392. The first-order chi connectivity index (χ1) is 9.97. The van der Waals surface area contributed by atoms with Crippen molar-refractivity contribution in [2.24, 2.45) is 0 Å². The summed E-state index contributed by atoms with van der Waals surface area (Å²) in [7, 11) is 5.73. The smallest absolute Gasteiger partial charge is 0.219 e. The number of nitrogens with one attached hydrogen (secondary N) is 1. The quantitative estimate of drug-likeness (QED) is 0.907. The zero-order chi connectivity index (χ0) is 15.4. The van der Waals surface area contributed by atoms with E-state index in [0.29, 0.717) is 6.54 Å². The number of hydrogen-bond acceptors (Lipinski definition) is 5. The zero-order valence-corrected chi connectivity index (χ0v) is 13.4. The van der Waals surface area contributed by atoms with Crippen molar-refractivity contribution in [1.29, 1.82) is 0 Å². The number of carbonyl (C=O) groups is 1. The van der Waals surface area contributed by atoms with Crippen LogP contribution in [0.5, 0.6) is 0 Å². The van der Waals surface area contributed by atoms with Crippen molar-refractivity contribution in [3.63, 3.8) is 0 Å². The van der Waals surface area contributed by atoms with Crippen LogP contribution in [0.25, 0.3) is 0 Å². The molecule has 1 atom stereocenters. The lowest BCUT2D eigenvalue weighted by Crippen LogP contribution is -2.30. The fourth-order valence-electron chi connectivity index (χ4n) is 2.40. The first-order valence-corrected chi connectivity index (χ1v) is 7.47. The lowest BCUT2D eigenvalue weighted by molar-refractivity contribution is -0.128. The molecule has 1 fully saturated rings. The van der Waals surface area contributed by atoms with Crippen LogP contribution in [0.15, 0.2) is 6.07 Å². The summed E-state index contributed by atoms with van der Waals surface area (Å²) in [5, 5.41) is 3.48. The van der Waals surface area contributed by atoms with Crippen molar-refractivity contribution in [2.45, 2.75) is 38.8 Å². The van der Waals surface area contributed by atoms with E-state index in [9.17, 15) is 4.79 Å². The number of anilines is 1. The second kappa shape index (κ2) is 6.85. The predicted molar refractivity (Wildman–Crippen MR) is 83.1 cm³/mol. The molecule has 6 nitrogen and oxygen atoms in total. The summed E-state index contributed by atoms with van der Waals surface area (Å²) in [5.41, 5.74) is 0.883. The first-order valence-electron chi connectivity index (χ1n) is 7.47. The predicted octanol–water partition coefficient (Wildman–Crippen LogP) is 1.34. The number of rotatable bonds is 4. The van der Waals surface area contributed by atoms with Gasteiger partial charge in [-0.25, -0.2) is 9.97 Å². The van der Waals surface area contributed by atoms with E-state index < -0.39 is 0 Å². The van der Waals surface area contributed by atoms with Gasteiger partial charge in [0.2, 0.25) is 5.91 Å². The summed E-state index contributed by atoms with van der Waals surface area (Å²) in [6.45, 7) is 3.10. The van der Waals surface area contributed by atoms with Gasteiger partial charge >= 0.3 is 0 Å². The van der Waals surface area contributed by atoms with Gasteiger partial charge in [0, 0.05) is 34.1 Å². The molecule has 1 aliphatic heterocycles. The Morgan fingerprint density at radius 1 is 1.33 bits per heavy atom. The lowest BCUT2D eigenvalue weighted by Gasteiger charge is -2.24. The summed E-state index contributed by atoms with van der Waals surface area (Å²) >= 11 is 0. The molecule has 1 saturated heterocycles. The van der Waals surface area contributed by atoms with Gasteiger partial charge in [0.1, 0.15) is 11.6 Å². The molecule has 2 heterocycles. The van der Waals surface area contributed by atoms with E-state index in [4.69, 9.17) is 0 Å². The lowest BCUT2D eigenvalue weighted by atomic mass is 10.0. The van der Waals surface area contributed by atoms with Crippen LogP contribution in [0.2, 0.25) is 0 Å². The Bertz CT molecular complexity index is 497. The number of nitrogens with zero attached hydrogens (tertiary/aromatic N) is 4. The Balaban J connectivity index is 2.27. The van der Waals surface area contributed by atoms with Crippen LogP contribution in [0.1, 0.15) is 43.7 Å². The fraction of sp³-hybridized carbons (Fsp3) is 0.667. The zero-order valence-electron chi connectivity index (χ0n) is 13.4. The third kappa shape index (κ3) is 4.14. The van der Waals surface area contributed by atoms with Crippen molar-refractivity contribution in [3.05, 3.63) is 17.6 Å². The normalized spacial score (nSPS) is 18.4. The van der Waals surface area contributed by atoms with Crippen LogP contribution in [0.3, 0.4) is 0 Å². The summed E-state index contributed by atoms with van der Waals surface area (Å²) in [4.78, 5) is 24.4. The molecule has 2 rings (SSSR count). The molecule has 0 radical (unpaired) electrons. The van der Waals surface area contributed by atoms with Crippen LogP contribution in [0, 0.1) is 0 Å². The molecular weight excluding hydrogens is 266 g/mol. The van der Waals surface area contributed by atoms with Crippen LogP contribution in [0.4, 0.5) is 5.82 Å². The van der Waals surface area contributed by atoms with Crippen LogP contribution in [-0.2, 0) is 11.3 Å². The van der Waals surface area contributed by atoms with E-state index >= 15 is 0 Å². The third-order valence-electron chi connectivity index (χ3n) is 3.80. The molecule has 21 heavy (non-hydrogen) atoms. The van der Waals surface area contributed by atoms with Crippen LogP contribution < -0.4 is 10.2 Å². The average Bonchev–Trinajstić information content (AvgIpc) is 2.47. The van der Waals surface area contributed by atoms with Crippen molar-refractivity contribution < 1.29 is 4.79 Å². The van der Waals surface area contributed by atoms with E-state index in [1.165, 1.54) is 12.8 Å². The van der Waals surface area contributed by atoms with Crippen molar-refractivity contribution >= 4 is 11.7 Å². The van der Waals surface area contributed by atoms with Gasteiger partial charge in [-0.15, -0.1) is 0 Å². The Morgan fingerprint density at radius 3 is 2.67 bits per heavy atom. The molecule has 0 aliphatic carbocycles. The second-order valence-corrected chi connectivity index (χ2v) is 5.85. The van der Waals surface area contributed by atoms with Gasteiger partial charge in [-0.2, -0.15) is 0 Å². The molecule has 1 aromatic heterocycles. The molecule has 6 heteroatoms. The largest absolute Gasteiger partial charge is 0.363 e. The molecule has 116 valence electrons. The van der Waals surface area contributed by atoms with Gasteiger partial charge < -0.3 is 15.1 Å². The molecule has 1 aliphatic rings. The summed E-state index contributed by atoms with van der Waals surface area (Å²) < 4.78 is 0. The number of piperidine rings is 1. The van der Waals surface area contributed by atoms with E-state index in [-0.39, 0.29) is 11.9 Å². The Morgan fingerprint density at radius 2 is 2.10 bits per heavy atom. The highest BCUT2D eigenvalue weighted by Gasteiger charge is 2.19. The van der Waals surface area contributed by atoms with Gasteiger partial charge in [-0.05, 0) is 19.4 Å². The molecule has 0 saturated carbocycles. The highest BCUT2D eigenvalue weighted by molar-refractivity contribution is 5.72. The monoisotopic (exact) mass is 291 g/mol. The van der Waals surface area contributed by atoms with Crippen LogP contribution in [-0.4, -0.2) is 48.5 Å². The summed E-state index contributed by atoms with van der Waals surface area (Å²) in [6, 6.07) is 2.17. The fourth-order valence-corrected chi connectivity index (χ4v) is 2.40. The summed E-state index contributed by atoms with van der Waals surface area (Å²) in [6.07, 6.45) is 3.48. The van der Waals surface area contributed by atoms with E-state index in [1.54, 1.807) is 18.9 Å². The highest BCUT2D eigenvalue weighted by Crippen LogP contribution is 2.22. The first kappa shape index (κ1) is 15.7. The van der Waals surface area contributed by atoms with E-state index in [2.05, 4.69) is 15.3 Å². The van der Waals surface area contributed by atoms with E-state index in [1.807, 2.05) is 25.1 Å². The highest BCUT2D eigenvalue weighted by atomic mass is 16.2. The number of carbonyl (C=O) groups excluding carboxylic acids is 1. The minimum absolute atomic E-state index is 0.0392. The number of hydrogen-bond donors (Lipinski definition) is 1. The topological polar surface area (TPSA) is 61.4 Å². The Labute approximate surface area is 126 Å². The standard InChI is InChI=1S/C15H25N5O/c1-11(21)20(4)10-12-9-14(19(2)3)18-15(17-12)13-7-5-6-8-16-13/h9,13,16H,5-8,10H2,1-4H3. The number of amides is 1. The van der Waals surface area contributed by atoms with Crippen molar-refractivity contribution in [2.75, 3.05) is 32.6 Å². The molecule has 1 aromatic rings. The van der Waals surface area contributed by atoms with E-state index in [0.717, 1.165) is 30.3 Å². The molecule has 1 N–H and O–H groups in total. The summed E-state index contributed by atoms with van der Waals surface area (Å²) in [5.74, 6) is 1.77. The third-order valence-corrected chi connectivity index (χ3v) is 3.80. The van der Waals surface area contributed by atoms with Gasteiger partial charge in [0.15, 0.2) is 0 Å². The Kier molecular flexibility index (Phi) is 5.12. The molecular formula is C15H25N5O. The minimum Gasteiger partial charge on any atom is -0.363 e. The molecule has 1 unspecified atom stereocenters. The molecule has 0 bridgehead atoms. The van der Waals surface area contributed by atoms with Gasteiger partial charge in [0.25, 0.3) is 0 Å². The van der Waals surface area contributed by atoms with Crippen molar-refractivity contribution in [1.82, 2.24) is 20.2 Å². The molecule has 0 aromatic carbocycles. The number of aromatic nitrogens is 2. The molecule has 1 amide bonds. The maximum atomic E-state index is 11.4. The van der Waals surface area contributed by atoms with Gasteiger partial charge in [-0.1, -0.05) is 6.42 Å². The molecule has 0 spiro atoms. The maximum Gasteiger partial charge on any atom is 0.219 e. The van der Waals surface area contributed by atoms with Gasteiger partial charge in [0.05, 0.1) is 18.3 Å². The second-order valence-electron chi connectivity index (χ2n) is 5.85.